The van der Waals surface area contributed by atoms with E-state index in [0.29, 0.717) is 0 Å². The van der Waals surface area contributed by atoms with Gasteiger partial charge in [0.15, 0.2) is 0 Å². The first-order valence-corrected chi connectivity index (χ1v) is 6.72. The zero-order chi connectivity index (χ0) is 13.6. The van der Waals surface area contributed by atoms with Crippen LogP contribution < -0.4 is 0 Å². The second-order valence-electron chi connectivity index (χ2n) is 5.96. The summed E-state index contributed by atoms with van der Waals surface area (Å²) in [6.07, 6.45) is 0. The van der Waals surface area contributed by atoms with Gasteiger partial charge in [0.25, 0.3) is 0 Å². The minimum atomic E-state index is -0.279. The lowest BCUT2D eigenvalue weighted by Gasteiger charge is -2.32. The molecule has 0 spiro atoms. The molecular formula is C14H20BClO2. The van der Waals surface area contributed by atoms with Crippen LogP contribution in [0.3, 0.4) is 0 Å². The van der Waals surface area contributed by atoms with Crippen LogP contribution in [0.4, 0.5) is 0 Å². The van der Waals surface area contributed by atoms with E-state index in [-0.39, 0.29) is 24.1 Å². The summed E-state index contributed by atoms with van der Waals surface area (Å²) in [5.41, 5.74) is 0.620. The lowest BCUT2D eigenvalue weighted by atomic mass is 9.69. The summed E-state index contributed by atoms with van der Waals surface area (Å²) >= 11 is 5.90. The standard InChI is InChI=1S/C14H20BClO2/c1-10(11-6-8-12(16)9-7-11)15-17-13(2,3)14(4,5)18-15/h6-10H,1-5H3/t10-/m0/s1. The van der Waals surface area contributed by atoms with Crippen molar-refractivity contribution >= 4 is 18.7 Å². The Bertz CT molecular complexity index is 412. The first kappa shape index (κ1) is 13.9. The first-order valence-electron chi connectivity index (χ1n) is 6.34. The number of benzene rings is 1. The third-order valence-corrected chi connectivity index (χ3v) is 4.33. The van der Waals surface area contributed by atoms with Crippen LogP contribution in [-0.4, -0.2) is 18.3 Å². The van der Waals surface area contributed by atoms with Crippen LogP contribution in [0.2, 0.25) is 5.02 Å². The zero-order valence-corrected chi connectivity index (χ0v) is 12.4. The molecule has 4 heteroatoms. The maximum absolute atomic E-state index is 6.06. The van der Waals surface area contributed by atoms with Crippen LogP contribution in [0.5, 0.6) is 0 Å². The van der Waals surface area contributed by atoms with Crippen molar-refractivity contribution in [3.63, 3.8) is 0 Å². The molecule has 0 N–H and O–H groups in total. The molecule has 0 unspecified atom stereocenters. The fourth-order valence-corrected chi connectivity index (χ4v) is 2.14. The van der Waals surface area contributed by atoms with E-state index in [1.807, 2.05) is 24.3 Å². The fourth-order valence-electron chi connectivity index (χ4n) is 2.02. The molecule has 1 atom stereocenters. The molecule has 1 heterocycles. The van der Waals surface area contributed by atoms with Gasteiger partial charge in [0.1, 0.15) is 0 Å². The molecule has 2 nitrogen and oxygen atoms in total. The molecule has 98 valence electrons. The molecule has 1 aromatic rings. The molecule has 0 saturated carbocycles. The smallest absolute Gasteiger partial charge is 0.403 e. The summed E-state index contributed by atoms with van der Waals surface area (Å²) in [4.78, 5) is 0. The normalized spacial score (nSPS) is 23.1. The minimum Gasteiger partial charge on any atom is -0.403 e. The van der Waals surface area contributed by atoms with Crippen LogP contribution in [0.25, 0.3) is 0 Å². The molecule has 1 aromatic carbocycles. The Morgan fingerprint density at radius 3 is 1.89 bits per heavy atom. The maximum Gasteiger partial charge on any atom is 0.465 e. The highest BCUT2D eigenvalue weighted by Gasteiger charge is 2.52. The second kappa shape index (κ2) is 4.55. The van der Waals surface area contributed by atoms with Gasteiger partial charge in [-0.2, -0.15) is 0 Å². The summed E-state index contributed by atoms with van der Waals surface area (Å²) in [6.45, 7) is 10.4. The van der Waals surface area contributed by atoms with Crippen molar-refractivity contribution in [2.24, 2.45) is 0 Å². The van der Waals surface area contributed by atoms with E-state index in [9.17, 15) is 0 Å². The molecule has 18 heavy (non-hydrogen) atoms. The van der Waals surface area contributed by atoms with Gasteiger partial charge < -0.3 is 9.31 Å². The van der Waals surface area contributed by atoms with Crippen molar-refractivity contribution < 1.29 is 9.31 Å². The number of hydrogen-bond acceptors (Lipinski definition) is 2. The molecule has 1 aliphatic heterocycles. The van der Waals surface area contributed by atoms with E-state index in [1.165, 1.54) is 5.56 Å². The summed E-state index contributed by atoms with van der Waals surface area (Å²) in [6, 6.07) is 7.85. The fraction of sp³-hybridized carbons (Fsp3) is 0.571. The van der Waals surface area contributed by atoms with Gasteiger partial charge in [0.05, 0.1) is 11.2 Å². The van der Waals surface area contributed by atoms with Crippen LogP contribution in [-0.2, 0) is 9.31 Å². The van der Waals surface area contributed by atoms with E-state index >= 15 is 0 Å². The Hall–Kier alpha value is -0.505. The zero-order valence-electron chi connectivity index (χ0n) is 11.7. The van der Waals surface area contributed by atoms with Crippen LogP contribution in [0.1, 0.15) is 46.0 Å². The van der Waals surface area contributed by atoms with Gasteiger partial charge >= 0.3 is 7.12 Å². The van der Waals surface area contributed by atoms with Gasteiger partial charge in [-0.25, -0.2) is 0 Å². The van der Waals surface area contributed by atoms with Crippen molar-refractivity contribution in [1.82, 2.24) is 0 Å². The van der Waals surface area contributed by atoms with Crippen molar-refractivity contribution in [3.8, 4) is 0 Å². The van der Waals surface area contributed by atoms with Crippen LogP contribution >= 0.6 is 11.6 Å². The van der Waals surface area contributed by atoms with Gasteiger partial charge in [-0.1, -0.05) is 30.7 Å². The topological polar surface area (TPSA) is 18.5 Å². The third-order valence-electron chi connectivity index (χ3n) is 4.08. The largest absolute Gasteiger partial charge is 0.465 e. The second-order valence-corrected chi connectivity index (χ2v) is 6.40. The Morgan fingerprint density at radius 1 is 1.00 bits per heavy atom. The monoisotopic (exact) mass is 266 g/mol. The SMILES string of the molecule is C[C@H](B1OC(C)(C)C(C)(C)O1)c1ccc(Cl)cc1. The van der Waals surface area contributed by atoms with E-state index < -0.39 is 0 Å². The van der Waals surface area contributed by atoms with Gasteiger partial charge in [0.2, 0.25) is 0 Å². The van der Waals surface area contributed by atoms with Crippen molar-refractivity contribution in [1.29, 1.82) is 0 Å². The summed E-state index contributed by atoms with van der Waals surface area (Å²) in [7, 11) is -0.212. The van der Waals surface area contributed by atoms with Gasteiger partial charge in [-0.05, 0) is 45.4 Å². The first-order chi connectivity index (χ1) is 8.23. The van der Waals surface area contributed by atoms with E-state index in [0.717, 1.165) is 5.02 Å². The molecule has 1 fully saturated rings. The highest BCUT2D eigenvalue weighted by molar-refractivity contribution is 6.47. The molecule has 0 amide bonds. The lowest BCUT2D eigenvalue weighted by Crippen LogP contribution is -2.41. The highest BCUT2D eigenvalue weighted by Crippen LogP contribution is 2.40. The Kier molecular flexibility index (Phi) is 3.52. The average molecular weight is 267 g/mol. The van der Waals surface area contributed by atoms with Crippen molar-refractivity contribution in [2.75, 3.05) is 0 Å². The van der Waals surface area contributed by atoms with Crippen molar-refractivity contribution in [2.45, 2.75) is 51.6 Å². The predicted molar refractivity (Wildman–Crippen MR) is 75.9 cm³/mol. The van der Waals surface area contributed by atoms with Crippen LogP contribution in [0, 0.1) is 0 Å². The molecule has 2 rings (SSSR count). The van der Waals surface area contributed by atoms with E-state index in [2.05, 4.69) is 34.6 Å². The quantitative estimate of drug-likeness (QED) is 0.751. The predicted octanol–water partition coefficient (Wildman–Crippen LogP) is 4.07. The van der Waals surface area contributed by atoms with Crippen molar-refractivity contribution in [3.05, 3.63) is 34.9 Å². The molecule has 0 bridgehead atoms. The molecule has 0 aliphatic carbocycles. The van der Waals surface area contributed by atoms with Gasteiger partial charge in [-0.15, -0.1) is 0 Å². The molecule has 1 aliphatic rings. The van der Waals surface area contributed by atoms with Gasteiger partial charge in [-0.3, -0.25) is 0 Å². The summed E-state index contributed by atoms with van der Waals surface area (Å²) in [5.74, 6) is 0.184. The average Bonchev–Trinajstić information content (AvgIpc) is 2.48. The molecular weight excluding hydrogens is 246 g/mol. The molecule has 0 aromatic heterocycles. The van der Waals surface area contributed by atoms with E-state index in [4.69, 9.17) is 20.9 Å². The lowest BCUT2D eigenvalue weighted by molar-refractivity contribution is 0.00578. The highest BCUT2D eigenvalue weighted by atomic mass is 35.5. The Labute approximate surface area is 115 Å². The number of hydrogen-bond donors (Lipinski definition) is 0. The maximum atomic E-state index is 6.06. The molecule has 1 saturated heterocycles. The summed E-state index contributed by atoms with van der Waals surface area (Å²) in [5, 5.41) is 0.750. The minimum absolute atomic E-state index is 0.184. The third kappa shape index (κ3) is 2.44. The van der Waals surface area contributed by atoms with E-state index in [1.54, 1.807) is 0 Å². The number of rotatable bonds is 2. The van der Waals surface area contributed by atoms with Crippen LogP contribution in [0.15, 0.2) is 24.3 Å². The number of halogens is 1. The van der Waals surface area contributed by atoms with Gasteiger partial charge in [0, 0.05) is 10.8 Å². The summed E-state index contributed by atoms with van der Waals surface area (Å²) < 4.78 is 12.1. The Morgan fingerprint density at radius 2 is 1.44 bits per heavy atom. The Balaban J connectivity index is 2.17. The molecule has 0 radical (unpaired) electrons.